The van der Waals surface area contributed by atoms with Crippen LogP contribution < -0.4 is 13.9 Å². The highest BCUT2D eigenvalue weighted by Gasteiger charge is 2.33. The number of ether oxygens (including phenoxy) is 1. The number of piperazine rings is 1. The van der Waals surface area contributed by atoms with Crippen molar-refractivity contribution in [2.45, 2.75) is 18.7 Å². The zero-order valence-electron chi connectivity index (χ0n) is 21.2. The van der Waals surface area contributed by atoms with Gasteiger partial charge in [0.15, 0.2) is 0 Å². The third-order valence-electron chi connectivity index (χ3n) is 6.50. The number of hydrogen-bond donors (Lipinski definition) is 0. The Morgan fingerprint density at radius 1 is 0.921 bits per heavy atom. The molecular weight excluding hydrogens is 569 g/mol. The molecule has 0 saturated carbocycles. The Morgan fingerprint density at radius 2 is 1.63 bits per heavy atom. The van der Waals surface area contributed by atoms with E-state index in [-0.39, 0.29) is 32.3 Å². The van der Waals surface area contributed by atoms with E-state index in [9.17, 15) is 13.2 Å². The molecule has 3 aromatic rings. The summed E-state index contributed by atoms with van der Waals surface area (Å²) < 4.78 is 34.3. The molecule has 0 N–H and O–H groups in total. The van der Waals surface area contributed by atoms with Crippen molar-refractivity contribution in [1.29, 1.82) is 0 Å². The second-order valence-corrected chi connectivity index (χ2v) is 12.1. The van der Waals surface area contributed by atoms with Crippen LogP contribution in [0.2, 0.25) is 15.1 Å². The smallest absolute Gasteiger partial charge is 0.268 e. The highest BCUT2D eigenvalue weighted by molar-refractivity contribution is 7.93. The monoisotopic (exact) mass is 595 g/mol. The van der Waals surface area contributed by atoms with E-state index in [1.54, 1.807) is 24.0 Å². The van der Waals surface area contributed by atoms with Crippen LogP contribution in [0.5, 0.6) is 5.75 Å². The predicted octanol–water partition coefficient (Wildman–Crippen LogP) is 5.82. The minimum atomic E-state index is -4.21. The summed E-state index contributed by atoms with van der Waals surface area (Å²) in [6.07, 6.45) is 0. The third-order valence-corrected chi connectivity index (χ3v) is 9.27. The number of carbonyl (C=O) groups is 1. The highest BCUT2D eigenvalue weighted by atomic mass is 35.5. The molecular formula is C27H28Cl3N3O4S. The Hall–Kier alpha value is -2.65. The third kappa shape index (κ3) is 5.99. The molecule has 0 aromatic heterocycles. The van der Waals surface area contributed by atoms with E-state index in [0.29, 0.717) is 31.2 Å². The summed E-state index contributed by atoms with van der Waals surface area (Å²) in [7, 11) is -2.81. The lowest BCUT2D eigenvalue weighted by molar-refractivity contribution is -0.129. The summed E-state index contributed by atoms with van der Waals surface area (Å²) in [6.45, 7) is 5.46. The average Bonchev–Trinajstić information content (AvgIpc) is 2.90. The van der Waals surface area contributed by atoms with E-state index >= 15 is 0 Å². The van der Waals surface area contributed by atoms with Gasteiger partial charge in [0.25, 0.3) is 10.0 Å². The molecule has 0 unspecified atom stereocenters. The number of methoxy groups -OCH3 is 1. The number of halogens is 3. The van der Waals surface area contributed by atoms with E-state index in [2.05, 4.69) is 4.90 Å². The van der Waals surface area contributed by atoms with Crippen molar-refractivity contribution >= 4 is 62.1 Å². The number of rotatable bonds is 7. The first-order valence-corrected chi connectivity index (χ1v) is 14.5. The summed E-state index contributed by atoms with van der Waals surface area (Å²) in [5.74, 6) is -0.146. The molecule has 11 heteroatoms. The van der Waals surface area contributed by atoms with Crippen molar-refractivity contribution in [2.24, 2.45) is 0 Å². The van der Waals surface area contributed by atoms with E-state index in [1.807, 2.05) is 25.1 Å². The maximum Gasteiger partial charge on any atom is 0.268 e. The lowest BCUT2D eigenvalue weighted by Crippen LogP contribution is -2.52. The number of nitrogens with zero attached hydrogens (tertiary/aromatic N) is 3. The fourth-order valence-corrected chi connectivity index (χ4v) is 6.51. The standard InChI is InChI=1S/C27H28Cl3N3O4S/c1-18-4-9-25(37-3)26(14-18)38(35,36)33(21-7-8-22(29)23(30)16-21)17-27(34)32-12-10-31(11-13-32)24-15-20(28)6-5-19(24)2/h4-9,14-16H,10-13,17H2,1-3H3. The molecule has 3 aromatic carbocycles. The summed E-state index contributed by atoms with van der Waals surface area (Å²) in [5.41, 5.74) is 3.08. The van der Waals surface area contributed by atoms with Gasteiger partial charge in [0, 0.05) is 36.9 Å². The topological polar surface area (TPSA) is 70.2 Å². The lowest BCUT2D eigenvalue weighted by atomic mass is 10.1. The number of amides is 1. The highest BCUT2D eigenvalue weighted by Crippen LogP contribution is 2.34. The quantitative estimate of drug-likeness (QED) is 0.344. The summed E-state index contributed by atoms with van der Waals surface area (Å²) in [6, 6.07) is 15.1. The van der Waals surface area contributed by atoms with Crippen LogP contribution in [0.3, 0.4) is 0 Å². The van der Waals surface area contributed by atoms with Crippen LogP contribution in [0.25, 0.3) is 0 Å². The van der Waals surface area contributed by atoms with E-state index in [4.69, 9.17) is 39.5 Å². The Morgan fingerprint density at radius 3 is 2.29 bits per heavy atom. The van der Waals surface area contributed by atoms with Crippen molar-refractivity contribution < 1.29 is 17.9 Å². The van der Waals surface area contributed by atoms with Gasteiger partial charge in [0.1, 0.15) is 17.2 Å². The molecule has 0 spiro atoms. The van der Waals surface area contributed by atoms with Crippen LogP contribution in [-0.2, 0) is 14.8 Å². The fourth-order valence-electron chi connectivity index (χ4n) is 4.40. The van der Waals surface area contributed by atoms with E-state index in [1.165, 1.54) is 31.4 Å². The molecule has 4 rings (SSSR count). The van der Waals surface area contributed by atoms with Crippen LogP contribution >= 0.6 is 34.8 Å². The maximum atomic E-state index is 14.0. The molecule has 0 aliphatic carbocycles. The number of aryl methyl sites for hydroxylation is 2. The van der Waals surface area contributed by atoms with Gasteiger partial charge in [-0.15, -0.1) is 0 Å². The van der Waals surface area contributed by atoms with Crippen molar-refractivity contribution in [2.75, 3.05) is 49.0 Å². The number of sulfonamides is 1. The predicted molar refractivity (Wildman–Crippen MR) is 154 cm³/mol. The second-order valence-electron chi connectivity index (χ2n) is 9.06. The SMILES string of the molecule is COc1ccc(C)cc1S(=O)(=O)N(CC(=O)N1CCN(c2cc(Cl)ccc2C)CC1)c1ccc(Cl)c(Cl)c1. The Balaban J connectivity index is 1.61. The first-order chi connectivity index (χ1) is 18.0. The summed E-state index contributed by atoms with van der Waals surface area (Å²) in [5, 5.41) is 1.11. The molecule has 1 heterocycles. The van der Waals surface area contributed by atoms with Gasteiger partial charge >= 0.3 is 0 Å². The van der Waals surface area contributed by atoms with E-state index in [0.717, 1.165) is 21.1 Å². The average molecular weight is 597 g/mol. The Bertz CT molecular complexity index is 1460. The number of anilines is 2. The molecule has 0 atom stereocenters. The Kier molecular flexibility index (Phi) is 8.67. The fraction of sp³-hybridized carbons (Fsp3) is 0.296. The van der Waals surface area contributed by atoms with Crippen molar-refractivity contribution in [3.63, 3.8) is 0 Å². The van der Waals surface area contributed by atoms with Gasteiger partial charge < -0.3 is 14.5 Å². The normalized spacial score (nSPS) is 13.9. The Labute approximate surface area is 238 Å². The largest absolute Gasteiger partial charge is 0.495 e. The number of carbonyl (C=O) groups excluding carboxylic acids is 1. The summed E-state index contributed by atoms with van der Waals surface area (Å²) in [4.78, 5) is 17.3. The first kappa shape index (κ1) is 28.4. The zero-order valence-corrected chi connectivity index (χ0v) is 24.3. The zero-order chi connectivity index (χ0) is 27.6. The molecule has 1 fully saturated rings. The van der Waals surface area contributed by atoms with Gasteiger partial charge in [0.2, 0.25) is 5.91 Å². The molecule has 1 saturated heterocycles. The van der Waals surface area contributed by atoms with Gasteiger partial charge in [-0.2, -0.15) is 0 Å². The minimum Gasteiger partial charge on any atom is -0.495 e. The maximum absolute atomic E-state index is 14.0. The molecule has 202 valence electrons. The van der Waals surface area contributed by atoms with Crippen LogP contribution in [0.15, 0.2) is 59.5 Å². The molecule has 1 aliphatic heterocycles. The lowest BCUT2D eigenvalue weighted by Gasteiger charge is -2.37. The van der Waals surface area contributed by atoms with Crippen LogP contribution in [0.1, 0.15) is 11.1 Å². The van der Waals surface area contributed by atoms with Crippen LogP contribution in [0, 0.1) is 13.8 Å². The molecule has 1 aliphatic rings. The molecule has 7 nitrogen and oxygen atoms in total. The minimum absolute atomic E-state index is 0.0416. The van der Waals surface area contributed by atoms with Crippen molar-refractivity contribution in [3.8, 4) is 5.75 Å². The van der Waals surface area contributed by atoms with Gasteiger partial charge in [0.05, 0.1) is 22.8 Å². The van der Waals surface area contributed by atoms with E-state index < -0.39 is 16.6 Å². The molecule has 0 radical (unpaired) electrons. The summed E-state index contributed by atoms with van der Waals surface area (Å²) >= 11 is 18.5. The van der Waals surface area contributed by atoms with Gasteiger partial charge in [-0.25, -0.2) is 8.42 Å². The van der Waals surface area contributed by atoms with Gasteiger partial charge in [-0.1, -0.05) is 46.9 Å². The second kappa shape index (κ2) is 11.6. The molecule has 1 amide bonds. The number of benzene rings is 3. The first-order valence-electron chi connectivity index (χ1n) is 11.9. The van der Waals surface area contributed by atoms with Crippen LogP contribution in [0.4, 0.5) is 11.4 Å². The number of hydrogen-bond acceptors (Lipinski definition) is 5. The van der Waals surface area contributed by atoms with Crippen molar-refractivity contribution in [1.82, 2.24) is 4.90 Å². The van der Waals surface area contributed by atoms with Gasteiger partial charge in [-0.3, -0.25) is 9.10 Å². The molecule has 38 heavy (non-hydrogen) atoms. The molecule has 0 bridgehead atoms. The van der Waals surface area contributed by atoms with Crippen LogP contribution in [-0.4, -0.2) is 59.1 Å². The van der Waals surface area contributed by atoms with Gasteiger partial charge in [-0.05, 0) is 67.4 Å². The van der Waals surface area contributed by atoms with Crippen molar-refractivity contribution in [3.05, 3.63) is 80.8 Å².